The molecule has 0 radical (unpaired) electrons. The highest BCUT2D eigenvalue weighted by Gasteiger charge is 2.38. The van der Waals surface area contributed by atoms with E-state index in [4.69, 9.17) is 5.73 Å². The summed E-state index contributed by atoms with van der Waals surface area (Å²) < 4.78 is 32.7. The van der Waals surface area contributed by atoms with Gasteiger partial charge < -0.3 is 16.0 Å². The fraction of sp³-hybridized carbons (Fsp3) is 0.273. The van der Waals surface area contributed by atoms with Gasteiger partial charge in [0.25, 0.3) is 5.91 Å². The van der Waals surface area contributed by atoms with Gasteiger partial charge in [0.2, 0.25) is 0 Å². The number of hydrogen-bond acceptors (Lipinski definition) is 5. The fourth-order valence-corrected chi connectivity index (χ4v) is 4.36. The molecule has 3 aromatic rings. The molecular weight excluding hydrogens is 446 g/mol. The number of amides is 3. The van der Waals surface area contributed by atoms with E-state index in [-0.39, 0.29) is 18.1 Å². The number of anilines is 1. The van der Waals surface area contributed by atoms with Crippen molar-refractivity contribution in [2.45, 2.75) is 25.4 Å². The number of benzene rings is 2. The van der Waals surface area contributed by atoms with Crippen molar-refractivity contribution in [1.29, 1.82) is 0 Å². The topological polar surface area (TPSA) is 149 Å². The van der Waals surface area contributed by atoms with Crippen molar-refractivity contribution in [2.75, 3.05) is 17.9 Å². The van der Waals surface area contributed by atoms with Crippen LogP contribution in [-0.2, 0) is 34.5 Å². The zero-order valence-corrected chi connectivity index (χ0v) is 18.8. The molecule has 2 heterocycles. The molecule has 11 heteroatoms. The fourth-order valence-electron chi connectivity index (χ4n) is 3.98. The lowest BCUT2D eigenvalue weighted by molar-refractivity contribution is -0.127. The molecular formula is C22H25N5O5S. The Morgan fingerprint density at radius 3 is 2.67 bits per heavy atom. The van der Waals surface area contributed by atoms with Crippen molar-refractivity contribution < 1.29 is 22.6 Å². The number of carbonyl (C=O) groups is 2. The minimum atomic E-state index is -4.42. The summed E-state index contributed by atoms with van der Waals surface area (Å²) in [6, 6.07) is 10.9. The van der Waals surface area contributed by atoms with Gasteiger partial charge in [-0.3, -0.25) is 18.6 Å². The molecule has 1 atom stereocenters. The number of rotatable bonds is 8. The second-order valence-corrected chi connectivity index (χ2v) is 9.42. The van der Waals surface area contributed by atoms with Crippen LogP contribution in [0.2, 0.25) is 0 Å². The maximum absolute atomic E-state index is 13.0. The van der Waals surface area contributed by atoms with Gasteiger partial charge in [0, 0.05) is 30.6 Å². The molecule has 4 rings (SSSR count). The molecule has 10 nitrogen and oxygen atoms in total. The lowest BCUT2D eigenvalue weighted by Crippen LogP contribution is -2.32. The minimum Gasteiger partial charge on any atom is -0.361 e. The summed E-state index contributed by atoms with van der Waals surface area (Å²) in [5.74, 6) is -0.357. The van der Waals surface area contributed by atoms with E-state index in [0.29, 0.717) is 22.8 Å². The van der Waals surface area contributed by atoms with Crippen LogP contribution in [0.3, 0.4) is 0 Å². The smallest absolute Gasteiger partial charge is 0.359 e. The van der Waals surface area contributed by atoms with E-state index >= 15 is 0 Å². The molecule has 33 heavy (non-hydrogen) atoms. The SMILES string of the molecule is CN(c1cccc(CN2C(=O)NC(Cc3ccc4[nH]cc(CCN)c4c3)C2=O)c1)S(=O)(=O)O. The zero-order valence-electron chi connectivity index (χ0n) is 18.0. The Labute approximate surface area is 191 Å². The van der Waals surface area contributed by atoms with Gasteiger partial charge in [-0.15, -0.1) is 0 Å². The third-order valence-corrected chi connectivity index (χ3v) is 6.66. The van der Waals surface area contributed by atoms with Crippen LogP contribution in [0.15, 0.2) is 48.7 Å². The Morgan fingerprint density at radius 1 is 1.15 bits per heavy atom. The summed E-state index contributed by atoms with van der Waals surface area (Å²) in [5.41, 5.74) is 9.45. The standard InChI is InChI=1S/C22H25N5O5S/c1-26(33(30,31)32)17-4-2-3-15(9-17)13-27-21(28)20(25-22(27)29)11-14-5-6-19-18(10-14)16(7-8-23)12-24-19/h2-6,9-10,12,20,24H,7-8,11,13,23H2,1H3,(H,25,29)(H,30,31,32). The lowest BCUT2D eigenvalue weighted by atomic mass is 10.0. The second kappa shape index (κ2) is 8.85. The average molecular weight is 472 g/mol. The summed E-state index contributed by atoms with van der Waals surface area (Å²) in [4.78, 5) is 29.8. The van der Waals surface area contributed by atoms with Crippen LogP contribution in [0, 0.1) is 0 Å². The van der Waals surface area contributed by atoms with Gasteiger partial charge in [0.15, 0.2) is 0 Å². The number of nitrogens with zero attached hydrogens (tertiary/aromatic N) is 2. The number of nitrogens with one attached hydrogen (secondary N) is 2. The molecule has 0 bridgehead atoms. The molecule has 3 amide bonds. The predicted molar refractivity (Wildman–Crippen MR) is 124 cm³/mol. The Bertz CT molecular complexity index is 1320. The van der Waals surface area contributed by atoms with E-state index in [1.54, 1.807) is 12.1 Å². The number of nitrogens with two attached hydrogens (primary N) is 1. The van der Waals surface area contributed by atoms with Gasteiger partial charge >= 0.3 is 16.3 Å². The number of fused-ring (bicyclic) bond motifs is 1. The van der Waals surface area contributed by atoms with Crippen molar-refractivity contribution in [3.05, 3.63) is 65.4 Å². The van der Waals surface area contributed by atoms with Crippen molar-refractivity contribution in [1.82, 2.24) is 15.2 Å². The van der Waals surface area contributed by atoms with Crippen LogP contribution in [0.25, 0.3) is 10.9 Å². The highest BCUT2D eigenvalue weighted by molar-refractivity contribution is 7.87. The number of aromatic nitrogens is 1. The first-order chi connectivity index (χ1) is 15.7. The van der Waals surface area contributed by atoms with Gasteiger partial charge in [-0.05, 0) is 53.9 Å². The Morgan fingerprint density at radius 2 is 1.94 bits per heavy atom. The van der Waals surface area contributed by atoms with Crippen molar-refractivity contribution in [3.8, 4) is 0 Å². The average Bonchev–Trinajstić information content (AvgIpc) is 3.28. The maximum atomic E-state index is 13.0. The first-order valence-corrected chi connectivity index (χ1v) is 11.8. The zero-order chi connectivity index (χ0) is 23.8. The maximum Gasteiger partial charge on any atom is 0.359 e. The molecule has 0 saturated carbocycles. The molecule has 2 aromatic carbocycles. The largest absolute Gasteiger partial charge is 0.361 e. The Kier molecular flexibility index (Phi) is 6.11. The van der Waals surface area contributed by atoms with Crippen molar-refractivity contribution in [2.24, 2.45) is 5.73 Å². The number of H-pyrrole nitrogens is 1. The highest BCUT2D eigenvalue weighted by Crippen LogP contribution is 2.23. The number of imide groups is 1. The molecule has 1 aliphatic heterocycles. The molecule has 174 valence electrons. The van der Waals surface area contributed by atoms with Crippen LogP contribution in [0.1, 0.15) is 16.7 Å². The number of carbonyl (C=O) groups excluding carboxylic acids is 2. The normalized spacial score (nSPS) is 16.5. The highest BCUT2D eigenvalue weighted by atomic mass is 32.2. The quantitative estimate of drug-likeness (QED) is 0.289. The third kappa shape index (κ3) is 4.70. The monoisotopic (exact) mass is 471 g/mol. The van der Waals surface area contributed by atoms with E-state index in [1.165, 1.54) is 19.2 Å². The van der Waals surface area contributed by atoms with Crippen LogP contribution in [0.5, 0.6) is 0 Å². The first-order valence-electron chi connectivity index (χ1n) is 10.4. The third-order valence-electron chi connectivity index (χ3n) is 5.75. The summed E-state index contributed by atoms with van der Waals surface area (Å²) in [6.45, 7) is 0.510. The summed E-state index contributed by atoms with van der Waals surface area (Å²) in [7, 11) is -3.21. The molecule has 1 aromatic heterocycles. The Balaban J connectivity index is 1.49. The van der Waals surface area contributed by atoms with Gasteiger partial charge in [0.1, 0.15) is 6.04 Å². The number of hydrogen-bond donors (Lipinski definition) is 4. The van der Waals surface area contributed by atoms with Gasteiger partial charge in [-0.1, -0.05) is 18.2 Å². The minimum absolute atomic E-state index is 0.0220. The van der Waals surface area contributed by atoms with Gasteiger partial charge in [-0.25, -0.2) is 4.79 Å². The molecule has 5 N–H and O–H groups in total. The lowest BCUT2D eigenvalue weighted by Gasteiger charge is -2.17. The van der Waals surface area contributed by atoms with Crippen LogP contribution < -0.4 is 15.4 Å². The van der Waals surface area contributed by atoms with E-state index in [0.717, 1.165) is 33.4 Å². The van der Waals surface area contributed by atoms with E-state index in [9.17, 15) is 22.6 Å². The molecule has 0 spiro atoms. The predicted octanol–water partition coefficient (Wildman–Crippen LogP) is 1.57. The van der Waals surface area contributed by atoms with Gasteiger partial charge in [0.05, 0.1) is 12.2 Å². The molecule has 1 aliphatic rings. The number of urea groups is 1. The molecule has 1 fully saturated rings. The summed E-state index contributed by atoms with van der Waals surface area (Å²) in [5, 5.41) is 3.78. The number of aromatic amines is 1. The van der Waals surface area contributed by atoms with E-state index in [2.05, 4.69) is 10.3 Å². The van der Waals surface area contributed by atoms with Gasteiger partial charge in [-0.2, -0.15) is 8.42 Å². The van der Waals surface area contributed by atoms with Crippen LogP contribution in [-0.4, -0.2) is 54.4 Å². The van der Waals surface area contributed by atoms with Crippen molar-refractivity contribution in [3.63, 3.8) is 0 Å². The summed E-state index contributed by atoms with van der Waals surface area (Å²) in [6.07, 6.45) is 3.01. The first kappa shape index (κ1) is 22.8. The van der Waals surface area contributed by atoms with Crippen molar-refractivity contribution >= 4 is 38.8 Å². The van der Waals surface area contributed by atoms with Crippen LogP contribution in [0.4, 0.5) is 10.5 Å². The van der Waals surface area contributed by atoms with E-state index in [1.807, 2.05) is 24.4 Å². The molecule has 0 aliphatic carbocycles. The summed E-state index contributed by atoms with van der Waals surface area (Å²) >= 11 is 0. The molecule has 1 saturated heterocycles. The van der Waals surface area contributed by atoms with Crippen LogP contribution >= 0.6 is 0 Å². The van der Waals surface area contributed by atoms with E-state index < -0.39 is 22.4 Å². The second-order valence-electron chi connectivity index (χ2n) is 7.98. The molecule has 1 unspecified atom stereocenters. The Hall–Kier alpha value is -3.41.